The Kier molecular flexibility index (Phi) is 8.28. The first-order valence-corrected chi connectivity index (χ1v) is 12.9. The van der Waals surface area contributed by atoms with E-state index in [0.29, 0.717) is 56.8 Å². The molecule has 1 aromatic carbocycles. The van der Waals surface area contributed by atoms with Gasteiger partial charge in [-0.3, -0.25) is 14.4 Å². The second kappa shape index (κ2) is 11.6. The maximum Gasteiger partial charge on any atom is 0.255 e. The number of piperidine rings is 1. The van der Waals surface area contributed by atoms with E-state index in [1.54, 1.807) is 18.3 Å². The SMILES string of the molecule is Cc1nccn1CCC(=O)N1CCC2(CCCCNC(=O)c3ccccc3OC[C@@H](C)NC2=O)CC1. The Hall–Kier alpha value is -3.36. The molecule has 1 fully saturated rings. The monoisotopic (exact) mass is 495 g/mol. The summed E-state index contributed by atoms with van der Waals surface area (Å²) in [5.41, 5.74) is -0.0114. The van der Waals surface area contributed by atoms with Crippen molar-refractivity contribution in [3.63, 3.8) is 0 Å². The number of nitrogens with zero attached hydrogens (tertiary/aromatic N) is 3. The zero-order chi connectivity index (χ0) is 25.5. The van der Waals surface area contributed by atoms with E-state index in [0.717, 1.165) is 25.1 Å². The highest BCUT2D eigenvalue weighted by molar-refractivity contribution is 5.96. The van der Waals surface area contributed by atoms with Crippen molar-refractivity contribution in [3.8, 4) is 5.75 Å². The van der Waals surface area contributed by atoms with Crippen LogP contribution in [0.5, 0.6) is 5.75 Å². The van der Waals surface area contributed by atoms with E-state index in [2.05, 4.69) is 15.6 Å². The van der Waals surface area contributed by atoms with Crippen molar-refractivity contribution in [2.45, 2.75) is 65.0 Å². The number of hydrogen-bond donors (Lipinski definition) is 2. The fraction of sp³-hybridized carbons (Fsp3) is 0.556. The van der Waals surface area contributed by atoms with Crippen molar-refractivity contribution in [3.05, 3.63) is 48.0 Å². The second-order valence-electron chi connectivity index (χ2n) is 9.97. The number of rotatable bonds is 3. The minimum Gasteiger partial charge on any atom is -0.491 e. The van der Waals surface area contributed by atoms with Crippen LogP contribution in [0.25, 0.3) is 0 Å². The number of para-hydroxylation sites is 1. The van der Waals surface area contributed by atoms with E-state index >= 15 is 0 Å². The summed E-state index contributed by atoms with van der Waals surface area (Å²) in [7, 11) is 0. The van der Waals surface area contributed by atoms with E-state index in [1.165, 1.54) is 0 Å². The smallest absolute Gasteiger partial charge is 0.255 e. The molecule has 1 atom stereocenters. The van der Waals surface area contributed by atoms with Gasteiger partial charge in [-0.15, -0.1) is 0 Å². The van der Waals surface area contributed by atoms with Crippen LogP contribution in [-0.2, 0) is 16.1 Å². The average Bonchev–Trinajstić information content (AvgIpc) is 3.30. The van der Waals surface area contributed by atoms with Crippen molar-refractivity contribution in [2.24, 2.45) is 5.41 Å². The van der Waals surface area contributed by atoms with Gasteiger partial charge in [-0.05, 0) is 51.7 Å². The van der Waals surface area contributed by atoms with Crippen LogP contribution in [-0.4, -0.2) is 64.5 Å². The zero-order valence-electron chi connectivity index (χ0n) is 21.3. The van der Waals surface area contributed by atoms with Gasteiger partial charge in [0.15, 0.2) is 0 Å². The molecule has 4 rings (SSSR count). The van der Waals surface area contributed by atoms with Gasteiger partial charge in [0, 0.05) is 45.0 Å². The highest BCUT2D eigenvalue weighted by atomic mass is 16.5. The Bertz CT molecular complexity index is 1070. The molecular formula is C27H37N5O4. The molecule has 0 unspecified atom stereocenters. The van der Waals surface area contributed by atoms with Crippen LogP contribution in [0.3, 0.4) is 0 Å². The normalized spacial score (nSPS) is 21.1. The summed E-state index contributed by atoms with van der Waals surface area (Å²) >= 11 is 0. The van der Waals surface area contributed by atoms with Crippen LogP contribution in [0.1, 0.15) is 61.6 Å². The molecule has 9 heteroatoms. The highest BCUT2D eigenvalue weighted by Crippen LogP contribution is 2.37. The Morgan fingerprint density at radius 3 is 2.69 bits per heavy atom. The van der Waals surface area contributed by atoms with Gasteiger partial charge in [-0.1, -0.05) is 18.6 Å². The van der Waals surface area contributed by atoms with E-state index < -0.39 is 5.41 Å². The summed E-state index contributed by atoms with van der Waals surface area (Å²) in [6, 6.07) is 6.96. The number of benzene rings is 1. The molecule has 1 aromatic heterocycles. The predicted molar refractivity (Wildman–Crippen MR) is 136 cm³/mol. The molecule has 2 N–H and O–H groups in total. The lowest BCUT2D eigenvalue weighted by Gasteiger charge is -2.41. The summed E-state index contributed by atoms with van der Waals surface area (Å²) in [5.74, 6) is 1.42. The molecule has 2 aliphatic heterocycles. The molecule has 194 valence electrons. The minimum atomic E-state index is -0.516. The van der Waals surface area contributed by atoms with Crippen LogP contribution in [0.15, 0.2) is 36.7 Å². The van der Waals surface area contributed by atoms with Gasteiger partial charge in [0.05, 0.1) is 17.0 Å². The number of imidazole rings is 1. The summed E-state index contributed by atoms with van der Waals surface area (Å²) in [6.07, 6.45) is 7.67. The maximum atomic E-state index is 13.5. The quantitative estimate of drug-likeness (QED) is 0.681. The summed E-state index contributed by atoms with van der Waals surface area (Å²) in [5, 5.41) is 6.13. The standard InChI is InChI=1S/C27H37N5O4/c1-20-19-36-23-8-4-3-7-22(23)25(34)29-13-6-5-10-27(26(35)30-20)11-16-32(17-12-27)24(33)9-15-31-18-14-28-21(31)2/h3-4,7-8,14,18,20H,5-6,9-13,15-17,19H2,1-2H3,(H,29,34)(H,30,35)/t20-/m1/s1. The van der Waals surface area contributed by atoms with Crippen LogP contribution < -0.4 is 15.4 Å². The van der Waals surface area contributed by atoms with E-state index in [9.17, 15) is 14.4 Å². The number of hydrogen-bond acceptors (Lipinski definition) is 5. The third-order valence-electron chi connectivity index (χ3n) is 7.41. The van der Waals surface area contributed by atoms with Crippen molar-refractivity contribution in [2.75, 3.05) is 26.2 Å². The number of ether oxygens (including phenoxy) is 1. The van der Waals surface area contributed by atoms with Crippen molar-refractivity contribution < 1.29 is 19.1 Å². The number of nitrogens with one attached hydrogen (secondary N) is 2. The molecule has 2 aromatic rings. The Balaban J connectivity index is 1.38. The van der Waals surface area contributed by atoms with Gasteiger partial charge in [-0.2, -0.15) is 0 Å². The molecule has 36 heavy (non-hydrogen) atoms. The van der Waals surface area contributed by atoms with Gasteiger partial charge in [0.1, 0.15) is 18.2 Å². The first-order chi connectivity index (χ1) is 17.4. The minimum absolute atomic E-state index is 0.0362. The number of carbonyl (C=O) groups excluding carboxylic acids is 3. The number of aromatic nitrogens is 2. The van der Waals surface area contributed by atoms with Crippen LogP contribution in [0.2, 0.25) is 0 Å². The lowest BCUT2D eigenvalue weighted by molar-refractivity contribution is -0.141. The van der Waals surface area contributed by atoms with Crippen LogP contribution in [0.4, 0.5) is 0 Å². The van der Waals surface area contributed by atoms with Crippen molar-refractivity contribution in [1.29, 1.82) is 0 Å². The number of amides is 3. The van der Waals surface area contributed by atoms with Crippen molar-refractivity contribution in [1.82, 2.24) is 25.1 Å². The lowest BCUT2D eigenvalue weighted by Crippen LogP contribution is -2.52. The van der Waals surface area contributed by atoms with Crippen LogP contribution >= 0.6 is 0 Å². The number of likely N-dealkylation sites (tertiary alicyclic amines) is 1. The van der Waals surface area contributed by atoms with E-state index in [-0.39, 0.29) is 30.4 Å². The molecule has 3 heterocycles. The number of fused-ring (bicyclic) bond motifs is 1. The highest BCUT2D eigenvalue weighted by Gasteiger charge is 2.42. The summed E-state index contributed by atoms with van der Waals surface area (Å²) in [6.45, 7) is 6.41. The predicted octanol–water partition coefficient (Wildman–Crippen LogP) is 2.69. The van der Waals surface area contributed by atoms with Gasteiger partial charge < -0.3 is 24.8 Å². The summed E-state index contributed by atoms with van der Waals surface area (Å²) < 4.78 is 7.90. The molecule has 0 bridgehead atoms. The molecule has 9 nitrogen and oxygen atoms in total. The Labute approximate surface area is 212 Å². The molecule has 0 aliphatic carbocycles. The van der Waals surface area contributed by atoms with Crippen molar-refractivity contribution >= 4 is 17.7 Å². The summed E-state index contributed by atoms with van der Waals surface area (Å²) in [4.78, 5) is 45.1. The molecule has 1 saturated heterocycles. The molecular weight excluding hydrogens is 458 g/mol. The van der Waals surface area contributed by atoms with Gasteiger partial charge in [0.2, 0.25) is 11.8 Å². The number of carbonyl (C=O) groups is 3. The fourth-order valence-electron chi connectivity index (χ4n) is 5.09. The average molecular weight is 496 g/mol. The first kappa shape index (κ1) is 25.7. The van der Waals surface area contributed by atoms with E-state index in [1.807, 2.05) is 41.6 Å². The largest absolute Gasteiger partial charge is 0.491 e. The molecule has 2 aliphatic rings. The third kappa shape index (κ3) is 6.06. The zero-order valence-corrected chi connectivity index (χ0v) is 21.3. The molecule has 0 saturated carbocycles. The lowest BCUT2D eigenvalue weighted by atomic mass is 9.73. The maximum absolute atomic E-state index is 13.5. The second-order valence-corrected chi connectivity index (χ2v) is 9.97. The van der Waals surface area contributed by atoms with Gasteiger partial charge in [0.25, 0.3) is 5.91 Å². The molecule has 1 spiro atoms. The van der Waals surface area contributed by atoms with Gasteiger partial charge >= 0.3 is 0 Å². The Morgan fingerprint density at radius 2 is 1.94 bits per heavy atom. The Morgan fingerprint density at radius 1 is 1.17 bits per heavy atom. The topological polar surface area (TPSA) is 106 Å². The van der Waals surface area contributed by atoms with Crippen LogP contribution in [0, 0.1) is 12.3 Å². The molecule has 3 amide bonds. The molecule has 0 radical (unpaired) electrons. The number of aryl methyl sites for hydroxylation is 2. The van der Waals surface area contributed by atoms with E-state index in [4.69, 9.17) is 4.74 Å². The van der Waals surface area contributed by atoms with Gasteiger partial charge in [-0.25, -0.2) is 4.98 Å². The third-order valence-corrected chi connectivity index (χ3v) is 7.41. The first-order valence-electron chi connectivity index (χ1n) is 12.9. The fourth-order valence-corrected chi connectivity index (χ4v) is 5.09.